The zero-order valence-electron chi connectivity index (χ0n) is 12.6. The molecule has 0 atom stereocenters. The Labute approximate surface area is 138 Å². The molecule has 1 aromatic rings. The van der Waals surface area contributed by atoms with Crippen LogP contribution in [0.5, 0.6) is 0 Å². The maximum absolute atomic E-state index is 12.0. The number of carbonyl (C=O) groups is 1. The van der Waals surface area contributed by atoms with E-state index < -0.39 is 9.84 Å². The SMILES string of the molecule is Cc1nnc(SCCNC(=O)N(C)C2CCS(=O)(=O)CC2)s1. The molecule has 1 aliphatic heterocycles. The third-order valence-electron chi connectivity index (χ3n) is 3.50. The minimum Gasteiger partial charge on any atom is -0.337 e. The van der Waals surface area contributed by atoms with Crippen LogP contribution in [0.3, 0.4) is 0 Å². The van der Waals surface area contributed by atoms with Crippen molar-refractivity contribution in [1.29, 1.82) is 0 Å². The Morgan fingerprint density at radius 2 is 2.09 bits per heavy atom. The van der Waals surface area contributed by atoms with Crippen LogP contribution in [0.1, 0.15) is 17.8 Å². The number of aromatic nitrogens is 2. The molecular weight excluding hydrogens is 344 g/mol. The number of carbonyl (C=O) groups excluding carboxylic acids is 1. The highest BCUT2D eigenvalue weighted by Crippen LogP contribution is 2.21. The van der Waals surface area contributed by atoms with Gasteiger partial charge in [0.2, 0.25) is 0 Å². The quantitative estimate of drug-likeness (QED) is 0.622. The minimum atomic E-state index is -2.90. The van der Waals surface area contributed by atoms with Gasteiger partial charge < -0.3 is 10.2 Å². The number of nitrogens with one attached hydrogen (secondary N) is 1. The normalized spacial score (nSPS) is 18.1. The Balaban J connectivity index is 1.68. The maximum atomic E-state index is 12.0. The summed E-state index contributed by atoms with van der Waals surface area (Å²) in [7, 11) is -1.18. The summed E-state index contributed by atoms with van der Waals surface area (Å²) in [6.45, 7) is 2.44. The Morgan fingerprint density at radius 1 is 1.41 bits per heavy atom. The molecule has 0 unspecified atom stereocenters. The van der Waals surface area contributed by atoms with E-state index in [-0.39, 0.29) is 23.6 Å². The first kappa shape index (κ1) is 17.5. The minimum absolute atomic E-state index is 0.00184. The molecule has 0 radical (unpaired) electrons. The molecule has 2 rings (SSSR count). The molecule has 1 fully saturated rings. The van der Waals surface area contributed by atoms with Crippen LogP contribution in [-0.4, -0.2) is 66.4 Å². The molecule has 124 valence electrons. The molecule has 10 heteroatoms. The molecule has 1 aliphatic rings. The predicted molar refractivity (Wildman–Crippen MR) is 88.2 cm³/mol. The van der Waals surface area contributed by atoms with Crippen LogP contribution in [0, 0.1) is 6.92 Å². The van der Waals surface area contributed by atoms with E-state index in [0.717, 1.165) is 15.1 Å². The lowest BCUT2D eigenvalue weighted by atomic mass is 10.1. The van der Waals surface area contributed by atoms with E-state index in [1.165, 1.54) is 11.3 Å². The van der Waals surface area contributed by atoms with Gasteiger partial charge in [-0.1, -0.05) is 23.1 Å². The standard InChI is InChI=1S/C12H20N4O3S3/c1-9-14-15-12(21-9)20-6-5-13-11(17)16(2)10-3-7-22(18,19)8-4-10/h10H,3-8H2,1-2H3,(H,13,17). The van der Waals surface area contributed by atoms with Crippen molar-refractivity contribution in [1.82, 2.24) is 20.4 Å². The lowest BCUT2D eigenvalue weighted by Gasteiger charge is -2.31. The third kappa shape index (κ3) is 5.10. The van der Waals surface area contributed by atoms with E-state index in [4.69, 9.17) is 0 Å². The fourth-order valence-corrected chi connectivity index (χ4v) is 5.40. The van der Waals surface area contributed by atoms with Crippen LogP contribution >= 0.6 is 23.1 Å². The second kappa shape index (κ2) is 7.60. The van der Waals surface area contributed by atoms with Gasteiger partial charge >= 0.3 is 6.03 Å². The average molecular weight is 365 g/mol. The van der Waals surface area contributed by atoms with Crippen LogP contribution in [0.25, 0.3) is 0 Å². The van der Waals surface area contributed by atoms with Gasteiger partial charge in [-0.15, -0.1) is 10.2 Å². The average Bonchev–Trinajstić information content (AvgIpc) is 2.88. The number of amides is 2. The van der Waals surface area contributed by atoms with Crippen molar-refractivity contribution in [2.75, 3.05) is 30.9 Å². The molecule has 0 spiro atoms. The van der Waals surface area contributed by atoms with Crippen molar-refractivity contribution >= 4 is 39.0 Å². The molecule has 1 N–H and O–H groups in total. The van der Waals surface area contributed by atoms with Gasteiger partial charge in [-0.2, -0.15) is 0 Å². The summed E-state index contributed by atoms with van der Waals surface area (Å²) in [6.07, 6.45) is 1.04. The maximum Gasteiger partial charge on any atom is 0.317 e. The topological polar surface area (TPSA) is 92.3 Å². The molecule has 1 aromatic heterocycles. The van der Waals surface area contributed by atoms with Gasteiger partial charge in [-0.05, 0) is 19.8 Å². The fraction of sp³-hybridized carbons (Fsp3) is 0.750. The van der Waals surface area contributed by atoms with Gasteiger partial charge in [0.1, 0.15) is 14.8 Å². The number of sulfone groups is 1. The first-order valence-corrected chi connectivity index (χ1v) is 10.6. The summed E-state index contributed by atoms with van der Waals surface area (Å²) in [5.74, 6) is 1.07. The largest absolute Gasteiger partial charge is 0.337 e. The second-order valence-corrected chi connectivity index (χ2v) is 9.99. The van der Waals surface area contributed by atoms with E-state index >= 15 is 0 Å². The van der Waals surface area contributed by atoms with Crippen LogP contribution in [-0.2, 0) is 9.84 Å². The van der Waals surface area contributed by atoms with Gasteiger partial charge in [0.25, 0.3) is 0 Å². The molecule has 2 heterocycles. The van der Waals surface area contributed by atoms with E-state index in [2.05, 4.69) is 15.5 Å². The van der Waals surface area contributed by atoms with E-state index in [9.17, 15) is 13.2 Å². The van der Waals surface area contributed by atoms with Gasteiger partial charge in [0.15, 0.2) is 4.34 Å². The number of aryl methyl sites for hydroxylation is 1. The number of urea groups is 1. The highest BCUT2D eigenvalue weighted by molar-refractivity contribution is 8.01. The molecule has 1 saturated heterocycles. The van der Waals surface area contributed by atoms with Gasteiger partial charge in [0.05, 0.1) is 11.5 Å². The van der Waals surface area contributed by atoms with Crippen molar-refractivity contribution < 1.29 is 13.2 Å². The van der Waals surface area contributed by atoms with Crippen molar-refractivity contribution in [3.8, 4) is 0 Å². The first-order valence-electron chi connectivity index (χ1n) is 7.01. The lowest BCUT2D eigenvalue weighted by molar-refractivity contribution is 0.186. The van der Waals surface area contributed by atoms with Crippen molar-refractivity contribution in [2.24, 2.45) is 0 Å². The Hall–Kier alpha value is -0.870. The predicted octanol–water partition coefficient (Wildman–Crippen LogP) is 1.16. The van der Waals surface area contributed by atoms with E-state index in [1.54, 1.807) is 23.7 Å². The number of nitrogens with zero attached hydrogens (tertiary/aromatic N) is 3. The van der Waals surface area contributed by atoms with E-state index in [1.807, 2.05) is 6.92 Å². The Kier molecular flexibility index (Phi) is 6.04. The van der Waals surface area contributed by atoms with Crippen molar-refractivity contribution in [3.05, 3.63) is 5.01 Å². The van der Waals surface area contributed by atoms with Crippen LogP contribution in [0.2, 0.25) is 0 Å². The highest BCUT2D eigenvalue weighted by atomic mass is 32.2. The fourth-order valence-electron chi connectivity index (χ4n) is 2.19. The molecule has 0 saturated carbocycles. The zero-order valence-corrected chi connectivity index (χ0v) is 15.1. The molecule has 7 nitrogen and oxygen atoms in total. The summed E-state index contributed by atoms with van der Waals surface area (Å²) >= 11 is 3.10. The van der Waals surface area contributed by atoms with Crippen molar-refractivity contribution in [2.45, 2.75) is 30.1 Å². The first-order chi connectivity index (χ1) is 10.4. The summed E-state index contributed by atoms with van der Waals surface area (Å²) in [5.41, 5.74) is 0. The number of hydrogen-bond donors (Lipinski definition) is 1. The second-order valence-electron chi connectivity index (χ2n) is 5.16. The van der Waals surface area contributed by atoms with Gasteiger partial charge in [0, 0.05) is 25.4 Å². The zero-order chi connectivity index (χ0) is 16.2. The molecule has 2 amide bonds. The Morgan fingerprint density at radius 3 is 2.68 bits per heavy atom. The lowest BCUT2D eigenvalue weighted by Crippen LogP contribution is -2.47. The molecule has 0 aromatic carbocycles. The van der Waals surface area contributed by atoms with Gasteiger partial charge in [-0.25, -0.2) is 13.2 Å². The number of rotatable bonds is 5. The number of thioether (sulfide) groups is 1. The van der Waals surface area contributed by atoms with Crippen LogP contribution < -0.4 is 5.32 Å². The highest BCUT2D eigenvalue weighted by Gasteiger charge is 2.28. The summed E-state index contributed by atoms with van der Waals surface area (Å²) < 4.78 is 23.7. The molecule has 22 heavy (non-hydrogen) atoms. The third-order valence-corrected chi connectivity index (χ3v) is 7.19. The number of hydrogen-bond acceptors (Lipinski definition) is 7. The van der Waals surface area contributed by atoms with Gasteiger partial charge in [-0.3, -0.25) is 0 Å². The summed E-state index contributed by atoms with van der Waals surface area (Å²) in [6, 6.07) is -0.152. The van der Waals surface area contributed by atoms with Crippen molar-refractivity contribution in [3.63, 3.8) is 0 Å². The van der Waals surface area contributed by atoms with E-state index in [0.29, 0.717) is 19.4 Å². The summed E-state index contributed by atoms with van der Waals surface area (Å²) in [5, 5.41) is 11.7. The molecular formula is C12H20N4O3S3. The Bertz CT molecular complexity index is 603. The summed E-state index contributed by atoms with van der Waals surface area (Å²) in [4.78, 5) is 13.7. The monoisotopic (exact) mass is 364 g/mol. The van der Waals surface area contributed by atoms with Crippen LogP contribution in [0.4, 0.5) is 4.79 Å². The molecule has 0 bridgehead atoms. The van der Waals surface area contributed by atoms with Crippen LogP contribution in [0.15, 0.2) is 4.34 Å². The smallest absolute Gasteiger partial charge is 0.317 e. The molecule has 0 aliphatic carbocycles.